The average molecular weight is 244 g/mol. The van der Waals surface area contributed by atoms with E-state index in [1.165, 1.54) is 0 Å². The van der Waals surface area contributed by atoms with Gasteiger partial charge in [-0.1, -0.05) is 12.1 Å². The third-order valence-corrected chi connectivity index (χ3v) is 3.42. The van der Waals surface area contributed by atoms with E-state index in [0.29, 0.717) is 5.82 Å². The van der Waals surface area contributed by atoms with Gasteiger partial charge in [-0.05, 0) is 25.0 Å². The topological polar surface area (TPSA) is 75.0 Å². The van der Waals surface area contributed by atoms with Gasteiger partial charge in [-0.25, -0.2) is 4.98 Å². The van der Waals surface area contributed by atoms with E-state index in [1.807, 2.05) is 29.2 Å². The molecule has 1 amide bonds. The number of piperidine rings is 1. The van der Waals surface area contributed by atoms with E-state index in [1.54, 1.807) is 0 Å². The smallest absolute Gasteiger partial charge is 0.289 e. The highest BCUT2D eigenvalue weighted by atomic mass is 16.2. The molecule has 2 heterocycles. The van der Waals surface area contributed by atoms with E-state index < -0.39 is 0 Å². The zero-order chi connectivity index (χ0) is 12.5. The Hall–Kier alpha value is -1.88. The number of nitrogens with zero attached hydrogens (tertiary/aromatic N) is 2. The Kier molecular flexibility index (Phi) is 2.76. The molecule has 94 valence electrons. The first-order valence-corrected chi connectivity index (χ1v) is 6.23. The number of nitrogens with two attached hydrogens (primary N) is 1. The molecule has 2 aromatic rings. The van der Waals surface area contributed by atoms with Gasteiger partial charge in [0.25, 0.3) is 5.91 Å². The molecule has 0 spiro atoms. The predicted octanol–water partition coefficient (Wildman–Crippen LogP) is 1.13. The van der Waals surface area contributed by atoms with Crippen LogP contribution in [0, 0.1) is 0 Å². The number of carbonyl (C=O) groups is 1. The summed E-state index contributed by atoms with van der Waals surface area (Å²) in [5.74, 6) is 0.393. The lowest BCUT2D eigenvalue weighted by atomic mass is 10.1. The SMILES string of the molecule is NC1CCN(C(=O)c2nc3ccccc3[nH]2)CC1. The molecule has 0 atom stereocenters. The number of likely N-dealkylation sites (tertiary alicyclic amines) is 1. The number of hydrogen-bond donors (Lipinski definition) is 2. The Morgan fingerprint density at radius 2 is 2.06 bits per heavy atom. The van der Waals surface area contributed by atoms with E-state index >= 15 is 0 Å². The molecule has 1 aromatic carbocycles. The second-order valence-electron chi connectivity index (χ2n) is 4.73. The summed E-state index contributed by atoms with van der Waals surface area (Å²) >= 11 is 0. The van der Waals surface area contributed by atoms with Crippen LogP contribution in [0.5, 0.6) is 0 Å². The normalized spacial score (nSPS) is 17.3. The summed E-state index contributed by atoms with van der Waals surface area (Å²) in [6.45, 7) is 1.44. The monoisotopic (exact) mass is 244 g/mol. The molecule has 1 aliphatic rings. The van der Waals surface area contributed by atoms with Crippen molar-refractivity contribution in [2.45, 2.75) is 18.9 Å². The van der Waals surface area contributed by atoms with E-state index in [0.717, 1.165) is 37.0 Å². The molecule has 0 bridgehead atoms. The van der Waals surface area contributed by atoms with Crippen molar-refractivity contribution in [3.8, 4) is 0 Å². The van der Waals surface area contributed by atoms with Crippen molar-refractivity contribution in [3.05, 3.63) is 30.1 Å². The van der Waals surface area contributed by atoms with Crippen LogP contribution >= 0.6 is 0 Å². The van der Waals surface area contributed by atoms with Crippen molar-refractivity contribution >= 4 is 16.9 Å². The van der Waals surface area contributed by atoms with Crippen molar-refractivity contribution in [1.82, 2.24) is 14.9 Å². The lowest BCUT2D eigenvalue weighted by Crippen LogP contribution is -2.43. The third kappa shape index (κ3) is 1.97. The number of H-pyrrole nitrogens is 1. The van der Waals surface area contributed by atoms with Crippen molar-refractivity contribution in [2.24, 2.45) is 5.73 Å². The van der Waals surface area contributed by atoms with Gasteiger partial charge in [0.05, 0.1) is 11.0 Å². The van der Waals surface area contributed by atoms with Crippen LogP contribution in [0.1, 0.15) is 23.5 Å². The maximum absolute atomic E-state index is 12.3. The van der Waals surface area contributed by atoms with Gasteiger partial charge in [-0.15, -0.1) is 0 Å². The molecule has 5 heteroatoms. The first kappa shape index (κ1) is 11.2. The highest BCUT2D eigenvalue weighted by Crippen LogP contribution is 2.14. The van der Waals surface area contributed by atoms with Crippen LogP contribution in [-0.2, 0) is 0 Å². The fourth-order valence-corrected chi connectivity index (χ4v) is 2.31. The molecule has 0 unspecified atom stereocenters. The molecule has 1 aromatic heterocycles. The molecule has 0 radical (unpaired) electrons. The van der Waals surface area contributed by atoms with Crippen LogP contribution in [0.15, 0.2) is 24.3 Å². The Morgan fingerprint density at radius 3 is 2.78 bits per heavy atom. The van der Waals surface area contributed by atoms with Crippen molar-refractivity contribution in [3.63, 3.8) is 0 Å². The molecule has 1 saturated heterocycles. The summed E-state index contributed by atoms with van der Waals surface area (Å²) in [5.41, 5.74) is 7.56. The second-order valence-corrected chi connectivity index (χ2v) is 4.73. The number of nitrogens with one attached hydrogen (secondary N) is 1. The fraction of sp³-hybridized carbons (Fsp3) is 0.385. The van der Waals surface area contributed by atoms with Gasteiger partial charge in [-0.3, -0.25) is 4.79 Å². The van der Waals surface area contributed by atoms with Gasteiger partial charge < -0.3 is 15.6 Å². The van der Waals surface area contributed by atoms with E-state index in [2.05, 4.69) is 9.97 Å². The van der Waals surface area contributed by atoms with Gasteiger partial charge in [0.1, 0.15) is 0 Å². The van der Waals surface area contributed by atoms with Gasteiger partial charge in [-0.2, -0.15) is 0 Å². The number of carbonyl (C=O) groups excluding carboxylic acids is 1. The van der Waals surface area contributed by atoms with E-state index in [-0.39, 0.29) is 11.9 Å². The Labute approximate surface area is 105 Å². The summed E-state index contributed by atoms with van der Waals surface area (Å²) in [5, 5.41) is 0. The second kappa shape index (κ2) is 4.42. The minimum atomic E-state index is -0.0295. The van der Waals surface area contributed by atoms with Crippen molar-refractivity contribution in [1.29, 1.82) is 0 Å². The minimum absolute atomic E-state index is 0.0295. The van der Waals surface area contributed by atoms with E-state index in [4.69, 9.17) is 5.73 Å². The van der Waals surface area contributed by atoms with Gasteiger partial charge in [0.15, 0.2) is 5.82 Å². The predicted molar refractivity (Wildman–Crippen MR) is 69.2 cm³/mol. The maximum Gasteiger partial charge on any atom is 0.289 e. The van der Waals surface area contributed by atoms with Crippen molar-refractivity contribution in [2.75, 3.05) is 13.1 Å². The largest absolute Gasteiger partial charge is 0.336 e. The van der Waals surface area contributed by atoms with E-state index in [9.17, 15) is 4.79 Å². The zero-order valence-corrected chi connectivity index (χ0v) is 10.1. The molecule has 1 aliphatic heterocycles. The summed E-state index contributed by atoms with van der Waals surface area (Å²) in [7, 11) is 0. The number of para-hydroxylation sites is 2. The first-order valence-electron chi connectivity index (χ1n) is 6.23. The maximum atomic E-state index is 12.3. The number of imidazole rings is 1. The van der Waals surface area contributed by atoms with Crippen LogP contribution in [-0.4, -0.2) is 39.9 Å². The molecule has 3 rings (SSSR count). The van der Waals surface area contributed by atoms with Gasteiger partial charge >= 0.3 is 0 Å². The molecule has 5 nitrogen and oxygen atoms in total. The summed E-state index contributed by atoms with van der Waals surface area (Å²) in [6.07, 6.45) is 1.73. The van der Waals surface area contributed by atoms with Gasteiger partial charge in [0, 0.05) is 19.1 Å². The number of amides is 1. The minimum Gasteiger partial charge on any atom is -0.336 e. The number of aromatic amines is 1. The molecule has 1 fully saturated rings. The lowest BCUT2D eigenvalue weighted by Gasteiger charge is -2.29. The summed E-state index contributed by atoms with van der Waals surface area (Å²) in [6, 6.07) is 7.89. The average Bonchev–Trinajstić information content (AvgIpc) is 2.82. The lowest BCUT2D eigenvalue weighted by molar-refractivity contribution is 0.0704. The Balaban J connectivity index is 1.83. The molecule has 0 saturated carbocycles. The molecular weight excluding hydrogens is 228 g/mol. The number of hydrogen-bond acceptors (Lipinski definition) is 3. The molecule has 3 N–H and O–H groups in total. The van der Waals surface area contributed by atoms with Crippen LogP contribution in [0.2, 0.25) is 0 Å². The van der Waals surface area contributed by atoms with Gasteiger partial charge in [0.2, 0.25) is 0 Å². The van der Waals surface area contributed by atoms with Crippen LogP contribution < -0.4 is 5.73 Å². The third-order valence-electron chi connectivity index (χ3n) is 3.42. The fourth-order valence-electron chi connectivity index (χ4n) is 2.31. The molecule has 0 aliphatic carbocycles. The molecular formula is C13H16N4O. The molecule has 18 heavy (non-hydrogen) atoms. The van der Waals surface area contributed by atoms with Crippen LogP contribution in [0.3, 0.4) is 0 Å². The first-order chi connectivity index (χ1) is 8.74. The number of benzene rings is 1. The Morgan fingerprint density at radius 1 is 1.33 bits per heavy atom. The number of fused-ring (bicyclic) bond motifs is 1. The number of aromatic nitrogens is 2. The van der Waals surface area contributed by atoms with Crippen molar-refractivity contribution < 1.29 is 4.79 Å². The standard InChI is InChI=1S/C13H16N4O/c14-9-5-7-17(8-6-9)13(18)12-15-10-3-1-2-4-11(10)16-12/h1-4,9H,5-8,14H2,(H,15,16). The highest BCUT2D eigenvalue weighted by molar-refractivity contribution is 5.94. The zero-order valence-electron chi connectivity index (χ0n) is 10.1. The van der Waals surface area contributed by atoms with Crippen LogP contribution in [0.25, 0.3) is 11.0 Å². The highest BCUT2D eigenvalue weighted by Gasteiger charge is 2.23. The van der Waals surface area contributed by atoms with Crippen LogP contribution in [0.4, 0.5) is 0 Å². The quantitative estimate of drug-likeness (QED) is 0.789. The number of rotatable bonds is 1. The summed E-state index contributed by atoms with van der Waals surface area (Å²) < 4.78 is 0. The summed E-state index contributed by atoms with van der Waals surface area (Å²) in [4.78, 5) is 21.5. The Bertz CT molecular complexity index is 536.